The van der Waals surface area contributed by atoms with Gasteiger partial charge in [-0.25, -0.2) is 4.98 Å². The number of aryl methyl sites for hydroxylation is 1. The van der Waals surface area contributed by atoms with E-state index < -0.39 is 5.54 Å². The normalized spacial score (nSPS) is 17.5. The van der Waals surface area contributed by atoms with Crippen molar-refractivity contribution in [1.29, 1.82) is 0 Å². The van der Waals surface area contributed by atoms with Gasteiger partial charge in [0.05, 0.1) is 18.1 Å². The molecule has 2 aliphatic rings. The van der Waals surface area contributed by atoms with E-state index in [1.54, 1.807) is 23.2 Å². The summed E-state index contributed by atoms with van der Waals surface area (Å²) in [6, 6.07) is 13.5. The van der Waals surface area contributed by atoms with Gasteiger partial charge in [-0.2, -0.15) is 0 Å². The van der Waals surface area contributed by atoms with Crippen LogP contribution >= 0.6 is 11.6 Å². The predicted octanol–water partition coefficient (Wildman–Crippen LogP) is 3.93. The molecular weight excluding hydrogens is 438 g/mol. The SMILES string of the molecule is Cn1cncc1C(=O)N1CCN(c2cccc(N3C(=O)c4ccc(Cl)cc4C3(C)C)c2)CC1. The molecule has 0 unspecified atom stereocenters. The highest BCUT2D eigenvalue weighted by atomic mass is 35.5. The van der Waals surface area contributed by atoms with E-state index >= 15 is 0 Å². The summed E-state index contributed by atoms with van der Waals surface area (Å²) in [6.07, 6.45) is 3.25. The molecular formula is C25H26ClN5O2. The molecule has 3 heterocycles. The zero-order chi connectivity index (χ0) is 23.3. The first-order valence-electron chi connectivity index (χ1n) is 11.0. The summed E-state index contributed by atoms with van der Waals surface area (Å²) >= 11 is 6.22. The number of anilines is 2. The largest absolute Gasteiger partial charge is 0.368 e. The number of piperazine rings is 1. The minimum atomic E-state index is -0.510. The summed E-state index contributed by atoms with van der Waals surface area (Å²) in [5.74, 6) is -0.0142. The monoisotopic (exact) mass is 463 g/mol. The summed E-state index contributed by atoms with van der Waals surface area (Å²) in [7, 11) is 1.83. The summed E-state index contributed by atoms with van der Waals surface area (Å²) in [5.41, 5.74) is 3.61. The van der Waals surface area contributed by atoms with Gasteiger partial charge in [0, 0.05) is 55.2 Å². The minimum Gasteiger partial charge on any atom is -0.368 e. The van der Waals surface area contributed by atoms with Gasteiger partial charge in [0.2, 0.25) is 0 Å². The van der Waals surface area contributed by atoms with Crippen molar-refractivity contribution in [2.24, 2.45) is 7.05 Å². The number of imidazole rings is 1. The standard InChI is InChI=1S/C25H26ClN5O2/c1-25(2)21-13-17(26)7-8-20(21)23(32)31(25)19-6-4-5-18(14-19)29-9-11-30(12-10-29)24(33)22-15-27-16-28(22)3/h4-8,13-16H,9-12H2,1-3H3. The lowest BCUT2D eigenvalue weighted by molar-refractivity contribution is 0.0737. The number of benzene rings is 2. The third-order valence-electron chi connectivity index (χ3n) is 6.69. The smallest absolute Gasteiger partial charge is 0.272 e. The van der Waals surface area contributed by atoms with Crippen LogP contribution in [0, 0.1) is 0 Å². The van der Waals surface area contributed by atoms with Gasteiger partial charge < -0.3 is 14.4 Å². The Hall–Kier alpha value is -3.32. The number of rotatable bonds is 3. The Balaban J connectivity index is 1.35. The van der Waals surface area contributed by atoms with Crippen LogP contribution in [0.15, 0.2) is 55.0 Å². The van der Waals surface area contributed by atoms with E-state index in [-0.39, 0.29) is 11.8 Å². The molecule has 3 aromatic rings. The van der Waals surface area contributed by atoms with E-state index in [0.717, 1.165) is 30.0 Å². The fourth-order valence-corrected chi connectivity index (χ4v) is 5.04. The van der Waals surface area contributed by atoms with E-state index in [4.69, 9.17) is 11.6 Å². The topological polar surface area (TPSA) is 61.7 Å². The zero-order valence-electron chi connectivity index (χ0n) is 19.0. The Bertz CT molecular complexity index is 1240. The number of halogens is 1. The van der Waals surface area contributed by atoms with Crippen molar-refractivity contribution < 1.29 is 9.59 Å². The van der Waals surface area contributed by atoms with Gasteiger partial charge in [0.25, 0.3) is 11.8 Å². The highest BCUT2D eigenvalue weighted by Gasteiger charge is 2.44. The second-order valence-corrected chi connectivity index (χ2v) is 9.51. The van der Waals surface area contributed by atoms with Crippen molar-refractivity contribution >= 4 is 34.8 Å². The van der Waals surface area contributed by atoms with Gasteiger partial charge in [-0.3, -0.25) is 14.5 Å². The molecule has 2 aromatic carbocycles. The van der Waals surface area contributed by atoms with Crippen LogP contribution in [0.3, 0.4) is 0 Å². The fourth-order valence-electron chi connectivity index (χ4n) is 4.87. The van der Waals surface area contributed by atoms with Crippen LogP contribution in [0.25, 0.3) is 0 Å². The molecule has 33 heavy (non-hydrogen) atoms. The second-order valence-electron chi connectivity index (χ2n) is 9.08. The number of carbonyl (C=O) groups excluding carboxylic acids is 2. The van der Waals surface area contributed by atoms with Crippen LogP contribution in [0.1, 0.15) is 40.3 Å². The highest BCUT2D eigenvalue weighted by Crippen LogP contribution is 2.43. The van der Waals surface area contributed by atoms with E-state index in [0.29, 0.717) is 29.4 Å². The molecule has 0 N–H and O–H groups in total. The first-order valence-corrected chi connectivity index (χ1v) is 11.4. The summed E-state index contributed by atoms with van der Waals surface area (Å²) in [6.45, 7) is 6.80. The molecule has 2 amide bonds. The van der Waals surface area contributed by atoms with Crippen molar-refractivity contribution in [2.45, 2.75) is 19.4 Å². The third kappa shape index (κ3) is 3.56. The fraction of sp³-hybridized carbons (Fsp3) is 0.320. The minimum absolute atomic E-state index is 0.00392. The van der Waals surface area contributed by atoms with E-state index in [9.17, 15) is 9.59 Å². The lowest BCUT2D eigenvalue weighted by atomic mass is 9.93. The van der Waals surface area contributed by atoms with Gasteiger partial charge in [0.1, 0.15) is 5.69 Å². The molecule has 0 saturated carbocycles. The van der Waals surface area contributed by atoms with Crippen LogP contribution in [-0.2, 0) is 12.6 Å². The highest BCUT2D eigenvalue weighted by molar-refractivity contribution is 6.31. The number of carbonyl (C=O) groups is 2. The van der Waals surface area contributed by atoms with E-state index in [2.05, 4.69) is 22.0 Å². The molecule has 2 aliphatic heterocycles. The summed E-state index contributed by atoms with van der Waals surface area (Å²) in [5, 5.41) is 0.628. The number of hydrogen-bond acceptors (Lipinski definition) is 4. The maximum absolute atomic E-state index is 13.3. The van der Waals surface area contributed by atoms with Crippen molar-refractivity contribution in [2.75, 3.05) is 36.0 Å². The number of fused-ring (bicyclic) bond motifs is 1. The van der Waals surface area contributed by atoms with Crippen molar-refractivity contribution in [1.82, 2.24) is 14.5 Å². The van der Waals surface area contributed by atoms with Gasteiger partial charge in [-0.15, -0.1) is 0 Å². The number of hydrogen-bond donors (Lipinski definition) is 0. The molecule has 0 bridgehead atoms. The molecule has 5 rings (SSSR count). The Kier molecular flexibility index (Phi) is 5.16. The molecule has 0 spiro atoms. The van der Waals surface area contributed by atoms with Crippen molar-refractivity contribution in [3.05, 3.63) is 76.8 Å². The summed E-state index contributed by atoms with van der Waals surface area (Å²) < 4.78 is 1.75. The molecule has 1 fully saturated rings. The number of nitrogens with zero attached hydrogens (tertiary/aromatic N) is 5. The molecule has 0 atom stereocenters. The molecule has 1 aromatic heterocycles. The Morgan fingerprint density at radius 1 is 1.03 bits per heavy atom. The predicted molar refractivity (Wildman–Crippen MR) is 129 cm³/mol. The van der Waals surface area contributed by atoms with Gasteiger partial charge in [0.15, 0.2) is 0 Å². The molecule has 0 aliphatic carbocycles. The van der Waals surface area contributed by atoms with Crippen LogP contribution < -0.4 is 9.80 Å². The lowest BCUT2D eigenvalue weighted by Gasteiger charge is -2.37. The molecule has 7 nitrogen and oxygen atoms in total. The maximum atomic E-state index is 13.3. The van der Waals surface area contributed by atoms with Gasteiger partial charge in [-0.1, -0.05) is 17.7 Å². The lowest BCUT2D eigenvalue weighted by Crippen LogP contribution is -2.49. The number of aromatic nitrogens is 2. The average Bonchev–Trinajstić information content (AvgIpc) is 3.32. The van der Waals surface area contributed by atoms with Crippen molar-refractivity contribution in [3.8, 4) is 0 Å². The molecule has 0 radical (unpaired) electrons. The maximum Gasteiger partial charge on any atom is 0.272 e. The van der Waals surface area contributed by atoms with Crippen LogP contribution in [0.4, 0.5) is 11.4 Å². The van der Waals surface area contributed by atoms with Gasteiger partial charge >= 0.3 is 0 Å². The Morgan fingerprint density at radius 2 is 1.76 bits per heavy atom. The van der Waals surface area contributed by atoms with Crippen molar-refractivity contribution in [3.63, 3.8) is 0 Å². The van der Waals surface area contributed by atoms with Crippen LogP contribution in [0.2, 0.25) is 5.02 Å². The third-order valence-corrected chi connectivity index (χ3v) is 6.92. The Labute approximate surface area is 198 Å². The average molecular weight is 464 g/mol. The van der Waals surface area contributed by atoms with E-state index in [1.807, 2.05) is 55.0 Å². The van der Waals surface area contributed by atoms with Crippen LogP contribution in [0.5, 0.6) is 0 Å². The van der Waals surface area contributed by atoms with Gasteiger partial charge in [-0.05, 0) is 55.8 Å². The number of amides is 2. The molecule has 1 saturated heterocycles. The Morgan fingerprint density at radius 3 is 2.45 bits per heavy atom. The van der Waals surface area contributed by atoms with E-state index in [1.165, 1.54) is 0 Å². The first kappa shape index (κ1) is 21.5. The second kappa shape index (κ2) is 7.92. The molecule has 170 valence electrons. The quantitative estimate of drug-likeness (QED) is 0.590. The first-order chi connectivity index (χ1) is 15.8. The summed E-state index contributed by atoms with van der Waals surface area (Å²) in [4.78, 5) is 36.1. The van der Waals surface area contributed by atoms with Crippen LogP contribution in [-0.4, -0.2) is 52.4 Å². The molecule has 8 heteroatoms. The zero-order valence-corrected chi connectivity index (χ0v) is 19.7.